The van der Waals surface area contributed by atoms with E-state index in [-0.39, 0.29) is 5.60 Å². The summed E-state index contributed by atoms with van der Waals surface area (Å²) in [5.74, 6) is 1.63. The van der Waals surface area contributed by atoms with E-state index in [0.717, 1.165) is 12.3 Å². The average Bonchev–Trinajstić information content (AvgIpc) is 2.64. The highest BCUT2D eigenvalue weighted by atomic mass is 16.5. The lowest BCUT2D eigenvalue weighted by Crippen LogP contribution is -2.43. The summed E-state index contributed by atoms with van der Waals surface area (Å²) in [6.07, 6.45) is 3.69. The molecule has 2 fully saturated rings. The van der Waals surface area contributed by atoms with Crippen LogP contribution in [0, 0.1) is 0 Å². The van der Waals surface area contributed by atoms with Gasteiger partial charge in [-0.1, -0.05) is 26.0 Å². The lowest BCUT2D eigenvalue weighted by molar-refractivity contribution is 0.0452. The van der Waals surface area contributed by atoms with E-state index in [9.17, 15) is 0 Å². The molecule has 2 atom stereocenters. The standard InChI is InChI=1S/C16H23NO/c1-13(2)14-5-3-6-15(11-14)18-16-7-4-9-17(12-16)10-8-16/h3,5-6,11,13H,4,7-10,12H2,1-2H3/t16-/m1/s1. The molecule has 2 saturated heterocycles. The minimum absolute atomic E-state index is 0.105. The van der Waals surface area contributed by atoms with Crippen LogP contribution in [0.1, 0.15) is 44.6 Å². The van der Waals surface area contributed by atoms with Crippen molar-refractivity contribution in [3.8, 4) is 5.75 Å². The van der Waals surface area contributed by atoms with Gasteiger partial charge in [0.25, 0.3) is 0 Å². The van der Waals surface area contributed by atoms with Gasteiger partial charge in [-0.15, -0.1) is 0 Å². The summed E-state index contributed by atoms with van der Waals surface area (Å²) in [5, 5.41) is 0. The molecule has 2 aliphatic rings. The van der Waals surface area contributed by atoms with Gasteiger partial charge in [-0.05, 0) is 43.0 Å². The number of rotatable bonds is 3. The molecule has 1 aromatic rings. The van der Waals surface area contributed by atoms with Crippen molar-refractivity contribution in [2.75, 3.05) is 19.6 Å². The minimum atomic E-state index is 0.105. The fourth-order valence-corrected chi connectivity index (χ4v) is 3.27. The second-order valence-corrected chi connectivity index (χ2v) is 6.14. The fraction of sp³-hybridized carbons (Fsp3) is 0.625. The minimum Gasteiger partial charge on any atom is -0.486 e. The molecule has 0 amide bonds. The number of hydrogen-bond donors (Lipinski definition) is 0. The number of benzene rings is 1. The van der Waals surface area contributed by atoms with Gasteiger partial charge in [-0.25, -0.2) is 0 Å². The van der Waals surface area contributed by atoms with Crippen LogP contribution >= 0.6 is 0 Å². The summed E-state index contributed by atoms with van der Waals surface area (Å²) >= 11 is 0. The van der Waals surface area contributed by atoms with E-state index in [0.29, 0.717) is 5.92 Å². The highest BCUT2D eigenvalue weighted by molar-refractivity contribution is 5.31. The molecular weight excluding hydrogens is 222 g/mol. The molecule has 18 heavy (non-hydrogen) atoms. The molecule has 0 spiro atoms. The Morgan fingerprint density at radius 2 is 2.11 bits per heavy atom. The molecule has 98 valence electrons. The van der Waals surface area contributed by atoms with E-state index in [1.165, 1.54) is 37.9 Å². The van der Waals surface area contributed by atoms with Gasteiger partial charge in [0.1, 0.15) is 11.4 Å². The van der Waals surface area contributed by atoms with E-state index in [4.69, 9.17) is 4.74 Å². The van der Waals surface area contributed by atoms with E-state index < -0.39 is 0 Å². The summed E-state index contributed by atoms with van der Waals surface area (Å²) < 4.78 is 6.38. The fourth-order valence-electron chi connectivity index (χ4n) is 3.27. The SMILES string of the molecule is CC(C)c1cccc(O[C@]23CCCN(CC2)C3)c1. The zero-order valence-corrected chi connectivity index (χ0v) is 11.5. The largest absolute Gasteiger partial charge is 0.486 e. The molecule has 2 aliphatic heterocycles. The normalized spacial score (nSPS) is 30.7. The lowest BCUT2D eigenvalue weighted by Gasteiger charge is -2.34. The van der Waals surface area contributed by atoms with Crippen molar-refractivity contribution in [1.82, 2.24) is 4.90 Å². The molecule has 1 aromatic carbocycles. The third-order valence-corrected chi connectivity index (χ3v) is 4.36. The third-order valence-electron chi connectivity index (χ3n) is 4.36. The van der Waals surface area contributed by atoms with Gasteiger partial charge in [0, 0.05) is 19.5 Å². The summed E-state index contributed by atoms with van der Waals surface area (Å²) in [6.45, 7) is 8.06. The second kappa shape index (κ2) is 4.58. The van der Waals surface area contributed by atoms with Gasteiger partial charge < -0.3 is 4.74 Å². The monoisotopic (exact) mass is 245 g/mol. The first-order valence-corrected chi connectivity index (χ1v) is 7.18. The van der Waals surface area contributed by atoms with Gasteiger partial charge in [-0.3, -0.25) is 4.90 Å². The second-order valence-electron chi connectivity index (χ2n) is 6.14. The Bertz CT molecular complexity index is 425. The summed E-state index contributed by atoms with van der Waals surface area (Å²) in [6, 6.07) is 8.64. The van der Waals surface area contributed by atoms with Gasteiger partial charge >= 0.3 is 0 Å². The van der Waals surface area contributed by atoms with Crippen molar-refractivity contribution in [3.63, 3.8) is 0 Å². The van der Waals surface area contributed by atoms with E-state index in [1.54, 1.807) is 0 Å². The van der Waals surface area contributed by atoms with Gasteiger partial charge in [0.15, 0.2) is 0 Å². The van der Waals surface area contributed by atoms with Crippen LogP contribution < -0.4 is 4.74 Å². The maximum atomic E-state index is 6.38. The summed E-state index contributed by atoms with van der Waals surface area (Å²) in [5.41, 5.74) is 1.47. The van der Waals surface area contributed by atoms with Crippen LogP contribution in [0.4, 0.5) is 0 Å². The smallest absolute Gasteiger partial charge is 0.123 e. The molecule has 2 bridgehead atoms. The number of ether oxygens (including phenoxy) is 1. The first kappa shape index (κ1) is 12.0. The average molecular weight is 245 g/mol. The molecule has 2 heterocycles. The molecule has 1 unspecified atom stereocenters. The Balaban J connectivity index is 1.78. The Labute approximate surface area is 110 Å². The number of fused-ring (bicyclic) bond motifs is 2. The molecule has 0 aliphatic carbocycles. The highest BCUT2D eigenvalue weighted by Gasteiger charge is 2.42. The van der Waals surface area contributed by atoms with Gasteiger partial charge in [0.05, 0.1) is 0 Å². The zero-order valence-electron chi connectivity index (χ0n) is 11.5. The Kier molecular flexibility index (Phi) is 3.06. The zero-order chi connectivity index (χ0) is 12.6. The van der Waals surface area contributed by atoms with Crippen LogP contribution in [0.15, 0.2) is 24.3 Å². The van der Waals surface area contributed by atoms with Crippen molar-refractivity contribution < 1.29 is 4.74 Å². The Hall–Kier alpha value is -1.02. The maximum absolute atomic E-state index is 6.38. The molecular formula is C16H23NO. The van der Waals surface area contributed by atoms with Crippen molar-refractivity contribution in [2.45, 2.75) is 44.6 Å². The van der Waals surface area contributed by atoms with Crippen molar-refractivity contribution in [2.24, 2.45) is 0 Å². The summed E-state index contributed by atoms with van der Waals surface area (Å²) in [4.78, 5) is 2.54. The molecule has 0 N–H and O–H groups in total. The van der Waals surface area contributed by atoms with Crippen LogP contribution in [-0.2, 0) is 0 Å². The van der Waals surface area contributed by atoms with E-state index in [2.05, 4.69) is 43.0 Å². The Morgan fingerprint density at radius 1 is 1.22 bits per heavy atom. The quantitative estimate of drug-likeness (QED) is 0.809. The van der Waals surface area contributed by atoms with E-state index in [1.807, 2.05) is 0 Å². The van der Waals surface area contributed by atoms with Gasteiger partial charge in [-0.2, -0.15) is 0 Å². The predicted octanol–water partition coefficient (Wildman–Crippen LogP) is 3.43. The van der Waals surface area contributed by atoms with Crippen LogP contribution in [0.3, 0.4) is 0 Å². The van der Waals surface area contributed by atoms with Crippen LogP contribution in [0.2, 0.25) is 0 Å². The number of hydrogen-bond acceptors (Lipinski definition) is 2. The van der Waals surface area contributed by atoms with Crippen LogP contribution in [0.25, 0.3) is 0 Å². The molecule has 0 radical (unpaired) electrons. The topological polar surface area (TPSA) is 12.5 Å². The Morgan fingerprint density at radius 3 is 2.94 bits per heavy atom. The summed E-state index contributed by atoms with van der Waals surface area (Å²) in [7, 11) is 0. The van der Waals surface area contributed by atoms with Crippen molar-refractivity contribution in [3.05, 3.63) is 29.8 Å². The van der Waals surface area contributed by atoms with Gasteiger partial charge in [0.2, 0.25) is 0 Å². The van der Waals surface area contributed by atoms with E-state index >= 15 is 0 Å². The molecule has 2 nitrogen and oxygen atoms in total. The maximum Gasteiger partial charge on any atom is 0.123 e. The van der Waals surface area contributed by atoms with Crippen LogP contribution in [0.5, 0.6) is 5.75 Å². The van der Waals surface area contributed by atoms with Crippen molar-refractivity contribution >= 4 is 0 Å². The first-order valence-electron chi connectivity index (χ1n) is 7.18. The van der Waals surface area contributed by atoms with Crippen LogP contribution in [-0.4, -0.2) is 30.1 Å². The lowest BCUT2D eigenvalue weighted by atomic mass is 9.94. The highest BCUT2D eigenvalue weighted by Crippen LogP contribution is 2.36. The van der Waals surface area contributed by atoms with Crippen molar-refractivity contribution in [1.29, 1.82) is 0 Å². The number of nitrogens with zero attached hydrogens (tertiary/aromatic N) is 1. The first-order chi connectivity index (χ1) is 8.67. The number of piperidine rings is 1. The molecule has 0 saturated carbocycles. The third kappa shape index (κ3) is 2.26. The molecule has 3 rings (SSSR count). The predicted molar refractivity (Wildman–Crippen MR) is 74.2 cm³/mol. The molecule has 2 heteroatoms. The molecule has 0 aromatic heterocycles.